The van der Waals surface area contributed by atoms with Gasteiger partial charge < -0.3 is 23.8 Å². The van der Waals surface area contributed by atoms with Crippen LogP contribution >= 0.6 is 0 Å². The van der Waals surface area contributed by atoms with Crippen LogP contribution in [0.2, 0.25) is 0 Å². The Morgan fingerprint density at radius 1 is 0.930 bits per heavy atom. The number of ether oxygens (including phenoxy) is 2. The Kier molecular flexibility index (Phi) is 6.86. The number of nitrogens with one attached hydrogen (secondary N) is 1. The molecule has 43 heavy (non-hydrogen) atoms. The molecule has 0 saturated carbocycles. The van der Waals surface area contributed by atoms with Crippen LogP contribution in [-0.4, -0.2) is 35.8 Å². The number of carbonyl (C=O) groups is 1. The third kappa shape index (κ3) is 5.40. The predicted molar refractivity (Wildman–Crippen MR) is 144 cm³/mol. The molecule has 12 heteroatoms. The van der Waals surface area contributed by atoms with Crippen molar-refractivity contribution in [1.29, 1.82) is 0 Å². The number of carbonyl (C=O) groups excluding carboxylic acids is 1. The lowest BCUT2D eigenvalue weighted by atomic mass is 9.95. The van der Waals surface area contributed by atoms with Gasteiger partial charge in [0.1, 0.15) is 29.1 Å². The second kappa shape index (κ2) is 10.4. The zero-order chi connectivity index (χ0) is 30.5. The number of H-pyrrole nitrogens is 1. The van der Waals surface area contributed by atoms with E-state index in [0.717, 1.165) is 34.7 Å². The minimum Gasteiger partial charge on any atom is -0.497 e. The van der Waals surface area contributed by atoms with Crippen molar-refractivity contribution in [1.82, 2.24) is 9.88 Å². The molecule has 1 aliphatic heterocycles. The van der Waals surface area contributed by atoms with Crippen molar-refractivity contribution in [2.24, 2.45) is 0 Å². The number of fused-ring (bicyclic) bond motifs is 3. The Morgan fingerprint density at radius 2 is 1.65 bits per heavy atom. The molecule has 0 spiro atoms. The fourth-order valence-electron chi connectivity index (χ4n) is 5.46. The van der Waals surface area contributed by atoms with E-state index in [0.29, 0.717) is 17.9 Å². The average Bonchev–Trinajstić information content (AvgIpc) is 3.60. The summed E-state index contributed by atoms with van der Waals surface area (Å²) in [5.41, 5.74) is 1.31. The maximum Gasteiger partial charge on any atom is 0.573 e. The van der Waals surface area contributed by atoms with Crippen molar-refractivity contribution >= 4 is 16.8 Å². The van der Waals surface area contributed by atoms with Crippen LogP contribution in [0, 0.1) is 0 Å². The lowest BCUT2D eigenvalue weighted by molar-refractivity contribution is -0.274. The fourth-order valence-corrected chi connectivity index (χ4v) is 5.46. The van der Waals surface area contributed by atoms with Crippen LogP contribution in [0.3, 0.4) is 0 Å². The first-order chi connectivity index (χ1) is 20.4. The van der Waals surface area contributed by atoms with Crippen LogP contribution in [0.15, 0.2) is 83.3 Å². The van der Waals surface area contributed by atoms with Gasteiger partial charge in [-0.05, 0) is 72.6 Å². The zero-order valence-corrected chi connectivity index (χ0v) is 22.3. The molecule has 2 aromatic heterocycles. The van der Waals surface area contributed by atoms with E-state index in [1.165, 1.54) is 54.5 Å². The normalized spacial score (nSPS) is 15.4. The molecule has 3 heterocycles. The number of aromatic amines is 1. The number of halogens is 6. The SMILES string of the molecule is COc1ccc2[nH]c3c(c2c1)CCN(C(=O)c1ccc(OC(F)(F)F)cc1)[C@@H]3c1ccc(-c2ccccc2C(F)(F)F)o1. The van der Waals surface area contributed by atoms with E-state index in [1.54, 1.807) is 6.07 Å². The van der Waals surface area contributed by atoms with Crippen LogP contribution in [0.1, 0.15) is 39.0 Å². The van der Waals surface area contributed by atoms with Gasteiger partial charge in [0, 0.05) is 28.6 Å². The summed E-state index contributed by atoms with van der Waals surface area (Å²) in [6, 6.07) is 17.1. The molecule has 6 rings (SSSR count). The van der Waals surface area contributed by atoms with Gasteiger partial charge in [-0.2, -0.15) is 13.2 Å². The van der Waals surface area contributed by atoms with E-state index in [-0.39, 0.29) is 29.2 Å². The van der Waals surface area contributed by atoms with Crippen molar-refractivity contribution in [3.05, 3.63) is 107 Å². The molecular weight excluding hydrogens is 578 g/mol. The summed E-state index contributed by atoms with van der Waals surface area (Å²) < 4.78 is 94.6. The number of furan rings is 1. The number of methoxy groups -OCH3 is 1. The average molecular weight is 601 g/mol. The lowest BCUT2D eigenvalue weighted by Gasteiger charge is -2.35. The number of alkyl halides is 6. The second-order valence-corrected chi connectivity index (χ2v) is 9.90. The van der Waals surface area contributed by atoms with E-state index in [9.17, 15) is 31.1 Å². The highest BCUT2D eigenvalue weighted by Crippen LogP contribution is 2.43. The molecule has 1 aliphatic rings. The van der Waals surface area contributed by atoms with Gasteiger partial charge in [-0.3, -0.25) is 4.79 Å². The molecule has 3 aromatic carbocycles. The molecule has 0 bridgehead atoms. The van der Waals surface area contributed by atoms with E-state index >= 15 is 0 Å². The Morgan fingerprint density at radius 3 is 2.35 bits per heavy atom. The van der Waals surface area contributed by atoms with Crippen molar-refractivity contribution in [2.75, 3.05) is 13.7 Å². The maximum atomic E-state index is 13.8. The molecule has 6 nitrogen and oxygen atoms in total. The predicted octanol–water partition coefficient (Wildman–Crippen LogP) is 8.14. The molecule has 5 aromatic rings. The van der Waals surface area contributed by atoms with E-state index < -0.39 is 35.8 Å². The minimum atomic E-state index is -4.89. The van der Waals surface area contributed by atoms with Crippen LogP contribution in [0.25, 0.3) is 22.2 Å². The largest absolute Gasteiger partial charge is 0.573 e. The summed E-state index contributed by atoms with van der Waals surface area (Å²) in [5, 5.41) is 0.856. The van der Waals surface area contributed by atoms with Gasteiger partial charge in [-0.15, -0.1) is 13.2 Å². The molecule has 1 N–H and O–H groups in total. The van der Waals surface area contributed by atoms with Crippen molar-refractivity contribution in [3.8, 4) is 22.8 Å². The number of benzene rings is 3. The number of amides is 1. The Hall–Kier alpha value is -4.87. The van der Waals surface area contributed by atoms with E-state index in [2.05, 4.69) is 9.72 Å². The van der Waals surface area contributed by atoms with Gasteiger partial charge in [-0.1, -0.05) is 18.2 Å². The number of nitrogens with zero attached hydrogens (tertiary/aromatic N) is 1. The first-order valence-corrected chi connectivity index (χ1v) is 13.0. The minimum absolute atomic E-state index is 0.0334. The number of hydrogen-bond donors (Lipinski definition) is 1. The van der Waals surface area contributed by atoms with Crippen LogP contribution < -0.4 is 9.47 Å². The molecular formula is C31H22F6N2O4. The van der Waals surface area contributed by atoms with Gasteiger partial charge in [0.25, 0.3) is 5.91 Å². The quantitative estimate of drug-likeness (QED) is 0.207. The van der Waals surface area contributed by atoms with E-state index in [4.69, 9.17) is 9.15 Å². The van der Waals surface area contributed by atoms with Gasteiger partial charge in [0.2, 0.25) is 0 Å². The topological polar surface area (TPSA) is 67.7 Å². The summed E-state index contributed by atoms with van der Waals surface area (Å²) in [6.07, 6.45) is -9.09. The summed E-state index contributed by atoms with van der Waals surface area (Å²) >= 11 is 0. The zero-order valence-electron chi connectivity index (χ0n) is 22.3. The fraction of sp³-hybridized carbons (Fsp3) is 0.194. The van der Waals surface area contributed by atoms with E-state index in [1.807, 2.05) is 12.1 Å². The van der Waals surface area contributed by atoms with Crippen molar-refractivity contribution < 1.29 is 45.0 Å². The monoisotopic (exact) mass is 600 g/mol. The number of hydrogen-bond acceptors (Lipinski definition) is 4. The lowest BCUT2D eigenvalue weighted by Crippen LogP contribution is -2.40. The molecule has 1 atom stereocenters. The highest BCUT2D eigenvalue weighted by Gasteiger charge is 2.39. The molecule has 0 radical (unpaired) electrons. The standard InChI is InChI=1S/C31H22F6N2O4/c1-41-19-10-11-24-22(16-19)20-14-15-39(29(40)17-6-8-18(9-7-17)43-31(35,36)37)28(27(20)38-24)26-13-12-25(42-26)21-4-2-3-5-23(21)30(32,33)34/h2-13,16,28,38H,14-15H2,1H3/t28-/m1/s1. The highest BCUT2D eigenvalue weighted by molar-refractivity contribution is 5.96. The van der Waals surface area contributed by atoms with Gasteiger partial charge in [0.15, 0.2) is 0 Å². The molecule has 0 aliphatic carbocycles. The van der Waals surface area contributed by atoms with Crippen molar-refractivity contribution in [2.45, 2.75) is 25.0 Å². The second-order valence-electron chi connectivity index (χ2n) is 9.90. The molecule has 222 valence electrons. The third-order valence-electron chi connectivity index (χ3n) is 7.32. The molecule has 0 saturated heterocycles. The van der Waals surface area contributed by atoms with Crippen molar-refractivity contribution in [3.63, 3.8) is 0 Å². The molecule has 0 unspecified atom stereocenters. The molecule has 0 fully saturated rings. The summed E-state index contributed by atoms with van der Waals surface area (Å²) in [7, 11) is 1.54. The Bertz CT molecular complexity index is 1800. The van der Waals surface area contributed by atoms with Gasteiger partial charge in [0.05, 0.1) is 18.4 Å². The third-order valence-corrected chi connectivity index (χ3v) is 7.32. The summed E-state index contributed by atoms with van der Waals surface area (Å²) in [5.74, 6) is -0.204. The first kappa shape index (κ1) is 28.3. The van der Waals surface area contributed by atoms with Crippen LogP contribution in [0.5, 0.6) is 11.5 Å². The molecule has 1 amide bonds. The Balaban J connectivity index is 1.44. The summed E-state index contributed by atoms with van der Waals surface area (Å²) in [6.45, 7) is 0.191. The maximum absolute atomic E-state index is 13.8. The van der Waals surface area contributed by atoms with Crippen LogP contribution in [-0.2, 0) is 12.6 Å². The highest BCUT2D eigenvalue weighted by atomic mass is 19.4. The van der Waals surface area contributed by atoms with Gasteiger partial charge >= 0.3 is 12.5 Å². The Labute approximate surface area is 240 Å². The number of rotatable bonds is 5. The first-order valence-electron chi connectivity index (χ1n) is 13.0. The smallest absolute Gasteiger partial charge is 0.497 e. The van der Waals surface area contributed by atoms with Gasteiger partial charge in [-0.25, -0.2) is 0 Å². The summed E-state index contributed by atoms with van der Waals surface area (Å²) in [4.78, 5) is 18.6. The number of aromatic nitrogens is 1. The van der Waals surface area contributed by atoms with Crippen LogP contribution in [0.4, 0.5) is 26.3 Å².